The molecule has 1 saturated heterocycles. The van der Waals surface area contributed by atoms with Gasteiger partial charge in [-0.05, 0) is 51.8 Å². The molecule has 2 N–H and O–H groups in total. The molecule has 0 radical (unpaired) electrons. The maximum atomic E-state index is 12.5. The lowest BCUT2D eigenvalue weighted by molar-refractivity contribution is -0.118. The number of carbonyl (C=O) groups is 3. The van der Waals surface area contributed by atoms with E-state index < -0.39 is 5.60 Å². The molecule has 1 aromatic carbocycles. The first-order chi connectivity index (χ1) is 12.7. The predicted octanol–water partition coefficient (Wildman–Crippen LogP) is 2.15. The van der Waals surface area contributed by atoms with Crippen molar-refractivity contribution in [3.8, 4) is 5.75 Å². The highest BCUT2D eigenvalue weighted by Crippen LogP contribution is 2.28. The molecule has 146 valence electrons. The van der Waals surface area contributed by atoms with Crippen LogP contribution >= 0.6 is 0 Å². The number of anilines is 1. The lowest BCUT2D eigenvalue weighted by atomic mass is 10.0. The molecule has 0 saturated carbocycles. The SMILES string of the molecule is CC(C)(C)OC(=O)N1CCC(NC(=O)c2ccc3c(c2)OCC(=O)N3)CC1. The van der Waals surface area contributed by atoms with E-state index in [1.54, 1.807) is 23.1 Å². The van der Waals surface area contributed by atoms with Gasteiger partial charge in [0.05, 0.1) is 5.69 Å². The predicted molar refractivity (Wildman–Crippen MR) is 98.9 cm³/mol. The van der Waals surface area contributed by atoms with E-state index in [1.807, 2.05) is 20.8 Å². The topological polar surface area (TPSA) is 97.0 Å². The van der Waals surface area contributed by atoms with E-state index >= 15 is 0 Å². The lowest BCUT2D eigenvalue weighted by Gasteiger charge is -2.33. The van der Waals surface area contributed by atoms with Crippen molar-refractivity contribution >= 4 is 23.6 Å². The molecule has 0 unspecified atom stereocenters. The molecule has 0 aliphatic carbocycles. The Labute approximate surface area is 158 Å². The molecule has 27 heavy (non-hydrogen) atoms. The maximum Gasteiger partial charge on any atom is 0.410 e. The highest BCUT2D eigenvalue weighted by atomic mass is 16.6. The Bertz CT molecular complexity index is 748. The average molecular weight is 375 g/mol. The summed E-state index contributed by atoms with van der Waals surface area (Å²) < 4.78 is 10.7. The van der Waals surface area contributed by atoms with Crippen molar-refractivity contribution in [1.82, 2.24) is 10.2 Å². The first-order valence-corrected chi connectivity index (χ1v) is 9.07. The summed E-state index contributed by atoms with van der Waals surface area (Å²) in [6.07, 6.45) is 1.02. The molecule has 2 heterocycles. The van der Waals surface area contributed by atoms with E-state index in [2.05, 4.69) is 10.6 Å². The molecule has 1 fully saturated rings. The van der Waals surface area contributed by atoms with Gasteiger partial charge in [-0.25, -0.2) is 4.79 Å². The van der Waals surface area contributed by atoms with Crippen LogP contribution in [0.25, 0.3) is 0 Å². The molecule has 0 bridgehead atoms. The van der Waals surface area contributed by atoms with Crippen LogP contribution in [0.4, 0.5) is 10.5 Å². The summed E-state index contributed by atoms with van der Waals surface area (Å²) in [7, 11) is 0. The van der Waals surface area contributed by atoms with E-state index in [1.165, 1.54) is 0 Å². The number of carbonyl (C=O) groups excluding carboxylic acids is 3. The minimum Gasteiger partial charge on any atom is -0.482 e. The first kappa shape index (κ1) is 19.0. The van der Waals surface area contributed by atoms with Crippen LogP contribution in [0.2, 0.25) is 0 Å². The number of piperidine rings is 1. The molecule has 2 aliphatic heterocycles. The molecular formula is C19H25N3O5. The Morgan fingerprint density at radius 2 is 1.96 bits per heavy atom. The van der Waals surface area contributed by atoms with Gasteiger partial charge >= 0.3 is 6.09 Å². The van der Waals surface area contributed by atoms with Gasteiger partial charge in [0, 0.05) is 24.7 Å². The van der Waals surface area contributed by atoms with E-state index in [4.69, 9.17) is 9.47 Å². The number of amides is 3. The van der Waals surface area contributed by atoms with Gasteiger partial charge in [-0.15, -0.1) is 0 Å². The van der Waals surface area contributed by atoms with E-state index in [0.29, 0.717) is 42.9 Å². The summed E-state index contributed by atoms with van der Waals surface area (Å²) in [6, 6.07) is 4.93. The van der Waals surface area contributed by atoms with Crippen molar-refractivity contribution in [2.24, 2.45) is 0 Å². The van der Waals surface area contributed by atoms with E-state index in [-0.39, 0.29) is 30.6 Å². The third kappa shape index (κ3) is 4.90. The lowest BCUT2D eigenvalue weighted by Crippen LogP contribution is -2.47. The van der Waals surface area contributed by atoms with Crippen LogP contribution in [0, 0.1) is 0 Å². The average Bonchev–Trinajstić information content (AvgIpc) is 2.60. The maximum absolute atomic E-state index is 12.5. The quantitative estimate of drug-likeness (QED) is 0.826. The minimum atomic E-state index is -0.518. The second kappa shape index (κ2) is 7.46. The standard InChI is InChI=1S/C19H25N3O5/c1-19(2,3)27-18(25)22-8-6-13(7-9-22)20-17(24)12-4-5-14-15(10-12)26-11-16(23)21-14/h4-5,10,13H,6-9,11H2,1-3H3,(H,20,24)(H,21,23). The zero-order valence-corrected chi connectivity index (χ0v) is 15.8. The monoisotopic (exact) mass is 375 g/mol. The van der Waals surface area contributed by atoms with Gasteiger partial charge in [0.2, 0.25) is 0 Å². The largest absolute Gasteiger partial charge is 0.482 e. The summed E-state index contributed by atoms with van der Waals surface area (Å²) in [6.45, 7) is 6.54. The Balaban J connectivity index is 1.53. The van der Waals surface area contributed by atoms with Crippen molar-refractivity contribution in [3.05, 3.63) is 23.8 Å². The van der Waals surface area contributed by atoms with Crippen LogP contribution in [0.15, 0.2) is 18.2 Å². The number of ether oxygens (including phenoxy) is 2. The Hall–Kier alpha value is -2.77. The van der Waals surface area contributed by atoms with Gasteiger partial charge in [-0.1, -0.05) is 0 Å². The molecule has 0 aromatic heterocycles. The molecular weight excluding hydrogens is 350 g/mol. The summed E-state index contributed by atoms with van der Waals surface area (Å²) in [4.78, 5) is 37.6. The Kier molecular flexibility index (Phi) is 5.25. The second-order valence-electron chi connectivity index (χ2n) is 7.76. The van der Waals surface area contributed by atoms with E-state index in [0.717, 1.165) is 0 Å². The van der Waals surface area contributed by atoms with Crippen LogP contribution in [-0.4, -0.2) is 54.1 Å². The first-order valence-electron chi connectivity index (χ1n) is 9.07. The summed E-state index contributed by atoms with van der Waals surface area (Å²) >= 11 is 0. The number of nitrogens with one attached hydrogen (secondary N) is 2. The van der Waals surface area contributed by atoms with Crippen LogP contribution < -0.4 is 15.4 Å². The number of hydrogen-bond donors (Lipinski definition) is 2. The fraction of sp³-hybridized carbons (Fsp3) is 0.526. The number of fused-ring (bicyclic) bond motifs is 1. The van der Waals surface area contributed by atoms with Crippen molar-refractivity contribution in [2.45, 2.75) is 45.3 Å². The van der Waals surface area contributed by atoms with Crippen LogP contribution in [0.5, 0.6) is 5.75 Å². The Morgan fingerprint density at radius 3 is 2.63 bits per heavy atom. The van der Waals surface area contributed by atoms with E-state index in [9.17, 15) is 14.4 Å². The molecule has 8 heteroatoms. The third-order valence-corrected chi connectivity index (χ3v) is 4.36. The molecule has 1 aromatic rings. The molecule has 8 nitrogen and oxygen atoms in total. The molecule has 2 aliphatic rings. The number of benzene rings is 1. The zero-order valence-electron chi connectivity index (χ0n) is 15.8. The minimum absolute atomic E-state index is 0.00663. The number of rotatable bonds is 2. The fourth-order valence-electron chi connectivity index (χ4n) is 3.02. The van der Waals surface area contributed by atoms with Gasteiger partial charge in [0.15, 0.2) is 6.61 Å². The summed E-state index contributed by atoms with van der Waals surface area (Å²) in [5, 5.41) is 5.69. The fourth-order valence-corrected chi connectivity index (χ4v) is 3.02. The van der Waals surface area contributed by atoms with Gasteiger partial charge in [0.25, 0.3) is 11.8 Å². The molecule has 3 rings (SSSR count). The van der Waals surface area contributed by atoms with Crippen LogP contribution in [0.3, 0.4) is 0 Å². The van der Waals surface area contributed by atoms with Gasteiger partial charge in [0.1, 0.15) is 11.4 Å². The third-order valence-electron chi connectivity index (χ3n) is 4.36. The highest BCUT2D eigenvalue weighted by molar-refractivity contribution is 5.99. The van der Waals surface area contributed by atoms with Crippen molar-refractivity contribution in [3.63, 3.8) is 0 Å². The molecule has 3 amide bonds. The molecule has 0 spiro atoms. The van der Waals surface area contributed by atoms with Crippen molar-refractivity contribution in [1.29, 1.82) is 0 Å². The number of likely N-dealkylation sites (tertiary alicyclic amines) is 1. The van der Waals surface area contributed by atoms with Crippen LogP contribution in [0.1, 0.15) is 44.0 Å². The van der Waals surface area contributed by atoms with Gasteiger partial charge in [-0.3, -0.25) is 9.59 Å². The summed E-state index contributed by atoms with van der Waals surface area (Å²) in [5.41, 5.74) is 0.517. The van der Waals surface area contributed by atoms with Gasteiger partial charge < -0.3 is 25.0 Å². The number of nitrogens with zero attached hydrogens (tertiary/aromatic N) is 1. The Morgan fingerprint density at radius 1 is 1.26 bits per heavy atom. The van der Waals surface area contributed by atoms with Gasteiger partial charge in [-0.2, -0.15) is 0 Å². The van der Waals surface area contributed by atoms with Crippen LogP contribution in [-0.2, 0) is 9.53 Å². The normalized spacial score (nSPS) is 17.4. The van der Waals surface area contributed by atoms with Crippen molar-refractivity contribution in [2.75, 3.05) is 25.0 Å². The second-order valence-corrected chi connectivity index (χ2v) is 7.76. The summed E-state index contributed by atoms with van der Waals surface area (Å²) in [5.74, 6) is 0.0764. The highest BCUT2D eigenvalue weighted by Gasteiger charge is 2.28. The van der Waals surface area contributed by atoms with Crippen molar-refractivity contribution < 1.29 is 23.9 Å². The zero-order chi connectivity index (χ0) is 19.6. The molecule has 0 atom stereocenters. The smallest absolute Gasteiger partial charge is 0.410 e. The number of hydrogen-bond acceptors (Lipinski definition) is 5.